The highest BCUT2D eigenvalue weighted by molar-refractivity contribution is 5.83. The van der Waals surface area contributed by atoms with Crippen LogP contribution in [0.5, 0.6) is 0 Å². The summed E-state index contributed by atoms with van der Waals surface area (Å²) in [5.74, 6) is 1.27. The molecule has 26 heavy (non-hydrogen) atoms. The quantitative estimate of drug-likeness (QED) is 0.854. The summed E-state index contributed by atoms with van der Waals surface area (Å²) in [7, 11) is 2.13. The van der Waals surface area contributed by atoms with Crippen molar-refractivity contribution in [2.45, 2.75) is 38.1 Å². The zero-order valence-electron chi connectivity index (χ0n) is 15.6. The average Bonchev–Trinajstić information content (AvgIpc) is 3.17. The van der Waals surface area contributed by atoms with E-state index >= 15 is 0 Å². The van der Waals surface area contributed by atoms with Crippen molar-refractivity contribution in [1.29, 1.82) is 0 Å². The molecule has 0 radical (unpaired) electrons. The Hall–Kier alpha value is -2.27. The van der Waals surface area contributed by atoms with Gasteiger partial charge in [0.05, 0.1) is 5.92 Å². The molecule has 2 aliphatic rings. The Labute approximate surface area is 155 Å². The minimum atomic E-state index is -0.102. The first-order chi connectivity index (χ1) is 12.6. The Kier molecular flexibility index (Phi) is 4.72. The first-order valence-electron chi connectivity index (χ1n) is 9.49. The molecule has 0 spiro atoms. The predicted molar refractivity (Wildman–Crippen MR) is 101 cm³/mol. The van der Waals surface area contributed by atoms with Gasteiger partial charge in [-0.05, 0) is 26.0 Å². The molecule has 1 saturated heterocycles. The number of carbonyl (C=O) groups excluding carboxylic acids is 1. The standard InChI is InChI=1S/C21H26N4O/c1-15(16-6-4-3-5-7-16)21(26)25-11-8-17(14-25)20-22-12-18-13-24(2)10-9-19(18)23-20/h3-7,12,15,17H,8-11,13-14H2,1-2H3/t15-,17+/m0/s1. The summed E-state index contributed by atoms with van der Waals surface area (Å²) >= 11 is 0. The molecule has 1 fully saturated rings. The Morgan fingerprint density at radius 3 is 2.85 bits per heavy atom. The molecule has 3 heterocycles. The zero-order valence-corrected chi connectivity index (χ0v) is 15.6. The lowest BCUT2D eigenvalue weighted by molar-refractivity contribution is -0.131. The van der Waals surface area contributed by atoms with E-state index in [2.05, 4.69) is 16.9 Å². The van der Waals surface area contributed by atoms with E-state index in [4.69, 9.17) is 4.98 Å². The lowest BCUT2D eigenvalue weighted by Gasteiger charge is -2.24. The van der Waals surface area contributed by atoms with Crippen molar-refractivity contribution in [2.24, 2.45) is 0 Å². The zero-order chi connectivity index (χ0) is 18.1. The third-order valence-electron chi connectivity index (χ3n) is 5.68. The van der Waals surface area contributed by atoms with Crippen LogP contribution in [0, 0.1) is 0 Å². The van der Waals surface area contributed by atoms with Gasteiger partial charge < -0.3 is 9.80 Å². The van der Waals surface area contributed by atoms with E-state index in [9.17, 15) is 4.79 Å². The molecule has 5 nitrogen and oxygen atoms in total. The number of likely N-dealkylation sites (N-methyl/N-ethyl adjacent to an activating group) is 1. The van der Waals surface area contributed by atoms with Crippen LogP contribution in [-0.2, 0) is 17.8 Å². The summed E-state index contributed by atoms with van der Waals surface area (Å²) in [4.78, 5) is 26.6. The van der Waals surface area contributed by atoms with Crippen molar-refractivity contribution in [2.75, 3.05) is 26.7 Å². The fraction of sp³-hybridized carbons (Fsp3) is 0.476. The molecular weight excluding hydrogens is 324 g/mol. The number of benzene rings is 1. The second-order valence-corrected chi connectivity index (χ2v) is 7.59. The smallest absolute Gasteiger partial charge is 0.229 e. The molecule has 0 N–H and O–H groups in total. The molecule has 0 unspecified atom stereocenters. The molecule has 1 amide bonds. The summed E-state index contributed by atoms with van der Waals surface area (Å²) in [5, 5.41) is 0. The van der Waals surface area contributed by atoms with Gasteiger partial charge >= 0.3 is 0 Å². The minimum absolute atomic E-state index is 0.102. The minimum Gasteiger partial charge on any atom is -0.341 e. The normalized spacial score (nSPS) is 21.5. The van der Waals surface area contributed by atoms with Crippen LogP contribution in [0.15, 0.2) is 36.5 Å². The Morgan fingerprint density at radius 2 is 2.04 bits per heavy atom. The molecule has 4 rings (SSSR count). The molecule has 0 saturated carbocycles. The van der Waals surface area contributed by atoms with Gasteiger partial charge in [0, 0.05) is 56.0 Å². The van der Waals surface area contributed by atoms with Crippen LogP contribution < -0.4 is 0 Å². The summed E-state index contributed by atoms with van der Waals surface area (Å²) in [6, 6.07) is 10.0. The average molecular weight is 350 g/mol. The highest BCUT2D eigenvalue weighted by Gasteiger charge is 2.32. The van der Waals surface area contributed by atoms with Crippen molar-refractivity contribution < 1.29 is 4.79 Å². The number of carbonyl (C=O) groups is 1. The molecule has 2 aliphatic heterocycles. The first-order valence-corrected chi connectivity index (χ1v) is 9.49. The van der Waals surface area contributed by atoms with Crippen LogP contribution in [0.4, 0.5) is 0 Å². The van der Waals surface area contributed by atoms with Gasteiger partial charge in [-0.2, -0.15) is 0 Å². The third kappa shape index (κ3) is 3.36. The highest BCUT2D eigenvalue weighted by atomic mass is 16.2. The van der Waals surface area contributed by atoms with Crippen LogP contribution in [0.2, 0.25) is 0 Å². The van der Waals surface area contributed by atoms with E-state index in [0.29, 0.717) is 0 Å². The first kappa shape index (κ1) is 17.2. The Balaban J connectivity index is 1.44. The third-order valence-corrected chi connectivity index (χ3v) is 5.68. The maximum absolute atomic E-state index is 12.9. The van der Waals surface area contributed by atoms with Gasteiger partial charge in [0.25, 0.3) is 0 Å². The molecule has 1 aromatic carbocycles. The largest absolute Gasteiger partial charge is 0.341 e. The predicted octanol–water partition coefficient (Wildman–Crippen LogP) is 2.58. The van der Waals surface area contributed by atoms with Gasteiger partial charge in [-0.25, -0.2) is 9.97 Å². The number of nitrogens with zero attached hydrogens (tertiary/aromatic N) is 4. The molecular formula is C21H26N4O. The number of fused-ring (bicyclic) bond motifs is 1. The molecule has 5 heteroatoms. The summed E-state index contributed by atoms with van der Waals surface area (Å²) in [5.41, 5.74) is 3.51. The Morgan fingerprint density at radius 1 is 1.23 bits per heavy atom. The van der Waals surface area contributed by atoms with E-state index < -0.39 is 0 Å². The topological polar surface area (TPSA) is 49.3 Å². The van der Waals surface area contributed by atoms with Crippen LogP contribution in [-0.4, -0.2) is 52.4 Å². The number of amides is 1. The fourth-order valence-corrected chi connectivity index (χ4v) is 4.00. The second-order valence-electron chi connectivity index (χ2n) is 7.59. The second kappa shape index (κ2) is 7.16. The molecule has 0 bridgehead atoms. The van der Waals surface area contributed by atoms with Crippen LogP contribution in [0.25, 0.3) is 0 Å². The van der Waals surface area contributed by atoms with Gasteiger partial charge in [-0.3, -0.25) is 4.79 Å². The van der Waals surface area contributed by atoms with Crippen LogP contribution >= 0.6 is 0 Å². The van der Waals surface area contributed by atoms with E-state index in [1.165, 1.54) is 11.3 Å². The maximum atomic E-state index is 12.9. The lowest BCUT2D eigenvalue weighted by Crippen LogP contribution is -2.32. The van der Waals surface area contributed by atoms with E-state index in [-0.39, 0.29) is 17.7 Å². The fourth-order valence-electron chi connectivity index (χ4n) is 4.00. The van der Waals surface area contributed by atoms with E-state index in [1.807, 2.05) is 48.4 Å². The molecule has 136 valence electrons. The summed E-state index contributed by atoms with van der Waals surface area (Å²) in [6.45, 7) is 5.50. The number of aromatic nitrogens is 2. The molecule has 0 aliphatic carbocycles. The Bertz CT molecular complexity index is 792. The highest BCUT2D eigenvalue weighted by Crippen LogP contribution is 2.29. The lowest BCUT2D eigenvalue weighted by atomic mass is 10.00. The van der Waals surface area contributed by atoms with Crippen LogP contribution in [0.3, 0.4) is 0 Å². The SMILES string of the molecule is C[C@H](C(=O)N1CC[C@@H](c2ncc3c(n2)CCN(C)C3)C1)c1ccccc1. The monoisotopic (exact) mass is 350 g/mol. The van der Waals surface area contributed by atoms with Crippen molar-refractivity contribution in [3.63, 3.8) is 0 Å². The van der Waals surface area contributed by atoms with Crippen LogP contribution in [0.1, 0.15) is 47.8 Å². The van der Waals surface area contributed by atoms with E-state index in [0.717, 1.165) is 50.4 Å². The molecule has 2 atom stereocenters. The van der Waals surface area contributed by atoms with Gasteiger partial charge in [0.15, 0.2) is 0 Å². The maximum Gasteiger partial charge on any atom is 0.229 e. The van der Waals surface area contributed by atoms with Gasteiger partial charge in [-0.15, -0.1) is 0 Å². The van der Waals surface area contributed by atoms with Gasteiger partial charge in [0.1, 0.15) is 5.82 Å². The van der Waals surface area contributed by atoms with E-state index in [1.54, 1.807) is 0 Å². The number of hydrogen-bond donors (Lipinski definition) is 0. The number of likely N-dealkylation sites (tertiary alicyclic amines) is 1. The van der Waals surface area contributed by atoms with Gasteiger partial charge in [0.2, 0.25) is 5.91 Å². The van der Waals surface area contributed by atoms with Crippen molar-refractivity contribution in [1.82, 2.24) is 19.8 Å². The number of rotatable bonds is 3. The van der Waals surface area contributed by atoms with Gasteiger partial charge in [-0.1, -0.05) is 30.3 Å². The molecule has 1 aromatic heterocycles. The van der Waals surface area contributed by atoms with Crippen molar-refractivity contribution in [3.8, 4) is 0 Å². The van der Waals surface area contributed by atoms with Crippen molar-refractivity contribution in [3.05, 3.63) is 59.2 Å². The summed E-state index contributed by atoms with van der Waals surface area (Å²) < 4.78 is 0. The molecule has 2 aromatic rings. The number of hydrogen-bond acceptors (Lipinski definition) is 4. The summed E-state index contributed by atoms with van der Waals surface area (Å²) in [6.07, 6.45) is 3.93. The van der Waals surface area contributed by atoms with Crippen molar-refractivity contribution >= 4 is 5.91 Å².